The van der Waals surface area contributed by atoms with Crippen LogP contribution in [0.3, 0.4) is 0 Å². The van der Waals surface area contributed by atoms with Gasteiger partial charge in [-0.2, -0.15) is 0 Å². The second kappa shape index (κ2) is 4.30. The van der Waals surface area contributed by atoms with Crippen molar-refractivity contribution in [1.82, 2.24) is 9.55 Å². The molecule has 2 aromatic rings. The highest BCUT2D eigenvalue weighted by Crippen LogP contribution is 2.39. The highest BCUT2D eigenvalue weighted by atomic mass is 15.1. The van der Waals surface area contributed by atoms with E-state index in [1.807, 2.05) is 18.5 Å². The minimum atomic E-state index is 0.586. The minimum Gasteiger partial charge on any atom is -0.399 e. The molecule has 3 heteroatoms. The molecule has 0 bridgehead atoms. The number of rotatable bonds is 1. The van der Waals surface area contributed by atoms with Gasteiger partial charge in [-0.25, -0.2) is 4.98 Å². The normalized spacial score (nSPS) is 28.7. The number of aromatic nitrogens is 2. The zero-order valence-electron chi connectivity index (χ0n) is 11.1. The Bertz CT molecular complexity index is 558. The fourth-order valence-corrected chi connectivity index (χ4v) is 3.26. The Hall–Kier alpha value is -1.51. The molecule has 0 aliphatic heterocycles. The molecule has 3 rings (SSSR count). The molecule has 3 atom stereocenters. The maximum atomic E-state index is 5.81. The van der Waals surface area contributed by atoms with E-state index in [1.54, 1.807) is 0 Å². The van der Waals surface area contributed by atoms with Crippen LogP contribution in [0.4, 0.5) is 5.69 Å². The van der Waals surface area contributed by atoms with Gasteiger partial charge in [-0.3, -0.25) is 0 Å². The van der Waals surface area contributed by atoms with Crippen LogP contribution < -0.4 is 5.73 Å². The molecule has 1 saturated carbocycles. The molecule has 0 spiro atoms. The van der Waals surface area contributed by atoms with Gasteiger partial charge in [0, 0.05) is 11.7 Å². The predicted molar refractivity (Wildman–Crippen MR) is 75.4 cm³/mol. The lowest BCUT2D eigenvalue weighted by molar-refractivity contribution is 0.189. The Balaban J connectivity index is 2.03. The van der Waals surface area contributed by atoms with Crippen molar-refractivity contribution in [2.45, 2.75) is 39.2 Å². The first-order valence-corrected chi connectivity index (χ1v) is 6.89. The Morgan fingerprint density at radius 2 is 2.11 bits per heavy atom. The molecule has 2 N–H and O–H groups in total. The standard InChI is InChI=1S/C15H21N3/c1-10-4-3-5-14(11(10)2)18-9-17-13-8-12(16)6-7-15(13)18/h6-11,14H,3-5,16H2,1-2H3. The van der Waals surface area contributed by atoms with Gasteiger partial charge in [-0.1, -0.05) is 26.7 Å². The molecule has 0 amide bonds. The van der Waals surface area contributed by atoms with Gasteiger partial charge in [0.05, 0.1) is 17.4 Å². The number of hydrogen-bond acceptors (Lipinski definition) is 2. The Labute approximate surface area is 108 Å². The van der Waals surface area contributed by atoms with Crippen molar-refractivity contribution < 1.29 is 0 Å². The molecule has 3 nitrogen and oxygen atoms in total. The SMILES string of the molecule is CC1CCCC(n2cnc3cc(N)ccc32)C1C. The van der Waals surface area contributed by atoms with Gasteiger partial charge >= 0.3 is 0 Å². The fraction of sp³-hybridized carbons (Fsp3) is 0.533. The molecule has 1 aliphatic rings. The van der Waals surface area contributed by atoms with Gasteiger partial charge in [0.15, 0.2) is 0 Å². The molecule has 1 aromatic heterocycles. The zero-order valence-corrected chi connectivity index (χ0v) is 11.1. The summed E-state index contributed by atoms with van der Waals surface area (Å²) in [7, 11) is 0. The molecule has 3 unspecified atom stereocenters. The number of nitrogens with two attached hydrogens (primary N) is 1. The monoisotopic (exact) mass is 243 g/mol. The van der Waals surface area contributed by atoms with Crippen LogP contribution in [-0.2, 0) is 0 Å². The van der Waals surface area contributed by atoms with Crippen LogP contribution in [0.1, 0.15) is 39.2 Å². The molecule has 96 valence electrons. The summed E-state index contributed by atoms with van der Waals surface area (Å²) in [4.78, 5) is 4.50. The molecule has 0 saturated heterocycles. The molecular formula is C15H21N3. The zero-order chi connectivity index (χ0) is 12.7. The van der Waals surface area contributed by atoms with Crippen LogP contribution in [-0.4, -0.2) is 9.55 Å². The third-order valence-corrected chi connectivity index (χ3v) is 4.62. The first-order chi connectivity index (χ1) is 8.66. The largest absolute Gasteiger partial charge is 0.399 e. The highest BCUT2D eigenvalue weighted by Gasteiger charge is 2.28. The third kappa shape index (κ3) is 1.78. The smallest absolute Gasteiger partial charge is 0.0961 e. The minimum absolute atomic E-state index is 0.586. The van der Waals surface area contributed by atoms with Crippen molar-refractivity contribution in [2.75, 3.05) is 5.73 Å². The lowest BCUT2D eigenvalue weighted by atomic mass is 9.78. The Morgan fingerprint density at radius 1 is 1.28 bits per heavy atom. The number of fused-ring (bicyclic) bond motifs is 1. The first-order valence-electron chi connectivity index (χ1n) is 6.89. The molecular weight excluding hydrogens is 222 g/mol. The molecule has 1 heterocycles. The second-order valence-electron chi connectivity index (χ2n) is 5.73. The number of nitrogen functional groups attached to an aromatic ring is 1. The van der Waals surface area contributed by atoms with E-state index >= 15 is 0 Å². The lowest BCUT2D eigenvalue weighted by Gasteiger charge is -2.35. The summed E-state index contributed by atoms with van der Waals surface area (Å²) < 4.78 is 2.36. The quantitative estimate of drug-likeness (QED) is 0.777. The number of anilines is 1. The molecule has 1 aliphatic carbocycles. The van der Waals surface area contributed by atoms with Crippen molar-refractivity contribution in [3.63, 3.8) is 0 Å². The molecule has 0 radical (unpaired) electrons. The summed E-state index contributed by atoms with van der Waals surface area (Å²) in [5.74, 6) is 1.52. The van der Waals surface area contributed by atoms with Crippen LogP contribution >= 0.6 is 0 Å². The van der Waals surface area contributed by atoms with Gasteiger partial charge < -0.3 is 10.3 Å². The topological polar surface area (TPSA) is 43.8 Å². The van der Waals surface area contributed by atoms with Gasteiger partial charge in [0.2, 0.25) is 0 Å². The second-order valence-corrected chi connectivity index (χ2v) is 5.73. The number of nitrogens with zero attached hydrogens (tertiary/aromatic N) is 2. The van der Waals surface area contributed by atoms with Crippen LogP contribution in [0.5, 0.6) is 0 Å². The van der Waals surface area contributed by atoms with E-state index in [-0.39, 0.29) is 0 Å². The first kappa shape index (κ1) is 11.6. The summed E-state index contributed by atoms with van der Waals surface area (Å²) >= 11 is 0. The summed E-state index contributed by atoms with van der Waals surface area (Å²) in [6.45, 7) is 4.74. The fourth-order valence-electron chi connectivity index (χ4n) is 3.26. The van der Waals surface area contributed by atoms with Crippen molar-refractivity contribution in [1.29, 1.82) is 0 Å². The van der Waals surface area contributed by atoms with Gasteiger partial charge in [-0.05, 0) is 36.5 Å². The predicted octanol–water partition coefficient (Wildman–Crippen LogP) is 3.62. The van der Waals surface area contributed by atoms with E-state index in [0.717, 1.165) is 17.1 Å². The summed E-state index contributed by atoms with van der Waals surface area (Å²) in [5, 5.41) is 0. The van der Waals surface area contributed by atoms with Gasteiger partial charge in [0.1, 0.15) is 0 Å². The average molecular weight is 243 g/mol. The Morgan fingerprint density at radius 3 is 2.94 bits per heavy atom. The van der Waals surface area contributed by atoms with Gasteiger partial charge in [-0.15, -0.1) is 0 Å². The van der Waals surface area contributed by atoms with Crippen LogP contribution in [0.2, 0.25) is 0 Å². The third-order valence-electron chi connectivity index (χ3n) is 4.62. The maximum absolute atomic E-state index is 5.81. The van der Waals surface area contributed by atoms with Crippen LogP contribution in [0.15, 0.2) is 24.5 Å². The van der Waals surface area contributed by atoms with Crippen molar-refractivity contribution in [2.24, 2.45) is 11.8 Å². The molecule has 1 aromatic carbocycles. The lowest BCUT2D eigenvalue weighted by Crippen LogP contribution is -2.26. The Kier molecular flexibility index (Phi) is 2.77. The van der Waals surface area contributed by atoms with Crippen molar-refractivity contribution in [3.05, 3.63) is 24.5 Å². The number of hydrogen-bond donors (Lipinski definition) is 1. The molecule has 18 heavy (non-hydrogen) atoms. The van der Waals surface area contributed by atoms with E-state index in [4.69, 9.17) is 5.73 Å². The van der Waals surface area contributed by atoms with Crippen LogP contribution in [0.25, 0.3) is 11.0 Å². The van der Waals surface area contributed by atoms with Crippen LogP contribution in [0, 0.1) is 11.8 Å². The number of benzene rings is 1. The van der Waals surface area contributed by atoms with E-state index in [0.29, 0.717) is 12.0 Å². The van der Waals surface area contributed by atoms with E-state index < -0.39 is 0 Å². The van der Waals surface area contributed by atoms with Gasteiger partial charge in [0.25, 0.3) is 0 Å². The average Bonchev–Trinajstić information content (AvgIpc) is 2.75. The van der Waals surface area contributed by atoms with E-state index in [2.05, 4.69) is 29.5 Å². The summed E-state index contributed by atoms with van der Waals surface area (Å²) in [5.41, 5.74) is 8.83. The van der Waals surface area contributed by atoms with Crippen molar-refractivity contribution in [3.8, 4) is 0 Å². The highest BCUT2D eigenvalue weighted by molar-refractivity contribution is 5.79. The maximum Gasteiger partial charge on any atom is 0.0961 e. The summed E-state index contributed by atoms with van der Waals surface area (Å²) in [6.07, 6.45) is 5.94. The van der Waals surface area contributed by atoms with E-state index in [1.165, 1.54) is 24.8 Å². The number of imidazole rings is 1. The molecule has 1 fully saturated rings. The van der Waals surface area contributed by atoms with Crippen molar-refractivity contribution >= 4 is 16.7 Å². The van der Waals surface area contributed by atoms with E-state index in [9.17, 15) is 0 Å². The summed E-state index contributed by atoms with van der Waals surface area (Å²) in [6, 6.07) is 6.62.